The van der Waals surface area contributed by atoms with Crippen molar-refractivity contribution in [1.82, 2.24) is 9.88 Å². The van der Waals surface area contributed by atoms with Crippen LogP contribution >= 0.6 is 0 Å². The number of Topliss-reactive ketones (excluding diaryl/α,β-unsaturated/α-hetero) is 1. The molecule has 2 heterocycles. The number of phenolic OH excluding ortho intramolecular Hbond substituents is 1. The van der Waals surface area contributed by atoms with Crippen molar-refractivity contribution in [3.63, 3.8) is 0 Å². The highest BCUT2D eigenvalue weighted by Crippen LogP contribution is 2.40. The Morgan fingerprint density at radius 1 is 1.06 bits per heavy atom. The Kier molecular flexibility index (Phi) is 5.89. The minimum atomic E-state index is -0.817. The number of benzene rings is 2. The van der Waals surface area contributed by atoms with E-state index in [0.717, 1.165) is 5.56 Å². The predicted octanol–water partition coefficient (Wildman–Crippen LogP) is 3.81. The topological polar surface area (TPSA) is 100.0 Å². The van der Waals surface area contributed by atoms with Crippen LogP contribution in [-0.4, -0.2) is 38.4 Å². The molecule has 0 radical (unpaired) electrons. The van der Waals surface area contributed by atoms with Crippen molar-refractivity contribution in [2.45, 2.75) is 19.5 Å². The first kappa shape index (κ1) is 21.1. The van der Waals surface area contributed by atoms with Gasteiger partial charge in [-0.25, -0.2) is 0 Å². The van der Waals surface area contributed by atoms with Crippen LogP contribution in [0.3, 0.4) is 0 Å². The second-order valence-electron chi connectivity index (χ2n) is 7.34. The van der Waals surface area contributed by atoms with Crippen LogP contribution in [0.2, 0.25) is 0 Å². The smallest absolute Gasteiger partial charge is 0.295 e. The molecule has 0 saturated carbocycles. The Hall–Kier alpha value is -4.13. The number of pyridine rings is 1. The number of rotatable bonds is 6. The number of amides is 1. The Balaban J connectivity index is 1.81. The summed E-state index contributed by atoms with van der Waals surface area (Å²) in [4.78, 5) is 31.5. The van der Waals surface area contributed by atoms with Crippen LogP contribution < -0.4 is 4.74 Å². The number of aliphatic hydroxyl groups is 1. The van der Waals surface area contributed by atoms with Gasteiger partial charge in [-0.15, -0.1) is 0 Å². The average molecular weight is 430 g/mol. The molecule has 1 unspecified atom stereocenters. The van der Waals surface area contributed by atoms with Gasteiger partial charge in [-0.1, -0.05) is 18.2 Å². The van der Waals surface area contributed by atoms with Gasteiger partial charge in [0.05, 0.1) is 18.2 Å². The summed E-state index contributed by atoms with van der Waals surface area (Å²) in [5, 5.41) is 20.8. The van der Waals surface area contributed by atoms with Gasteiger partial charge in [-0.05, 0) is 60.5 Å². The molecule has 1 aromatic heterocycles. The quantitative estimate of drug-likeness (QED) is 0.350. The maximum atomic E-state index is 13.0. The monoisotopic (exact) mass is 430 g/mol. The molecular weight excluding hydrogens is 408 g/mol. The summed E-state index contributed by atoms with van der Waals surface area (Å²) in [5.74, 6) is -1.04. The molecule has 1 amide bonds. The van der Waals surface area contributed by atoms with Gasteiger partial charge in [0.1, 0.15) is 17.3 Å². The number of aromatic hydroxyl groups is 1. The maximum absolute atomic E-state index is 13.0. The third kappa shape index (κ3) is 4.05. The van der Waals surface area contributed by atoms with Gasteiger partial charge in [0, 0.05) is 24.5 Å². The Morgan fingerprint density at radius 2 is 1.78 bits per heavy atom. The standard InChI is InChI=1S/C25H22N2O5/c1-2-32-20-11-7-18(8-12-20)23(29)21-22(17-5-9-19(28)10-6-17)27(25(31)24(21)30)15-16-4-3-13-26-14-16/h3-14,22,28-29H,2,15H2,1H3/b23-21+. The largest absolute Gasteiger partial charge is 0.508 e. The number of ether oxygens (including phenoxy) is 1. The van der Waals surface area contributed by atoms with Gasteiger partial charge in [0.15, 0.2) is 0 Å². The highest BCUT2D eigenvalue weighted by Gasteiger charge is 2.46. The molecule has 1 aliphatic rings. The number of carbonyl (C=O) groups excluding carboxylic acids is 2. The lowest BCUT2D eigenvalue weighted by atomic mass is 9.95. The first-order chi connectivity index (χ1) is 15.5. The van der Waals surface area contributed by atoms with Gasteiger partial charge >= 0.3 is 0 Å². The molecule has 2 N–H and O–H groups in total. The molecule has 162 valence electrons. The molecule has 2 aromatic carbocycles. The Labute approximate surface area is 185 Å². The average Bonchev–Trinajstić information content (AvgIpc) is 3.05. The lowest BCUT2D eigenvalue weighted by Crippen LogP contribution is -2.29. The van der Waals surface area contributed by atoms with E-state index in [4.69, 9.17) is 4.74 Å². The van der Waals surface area contributed by atoms with E-state index in [0.29, 0.717) is 23.5 Å². The summed E-state index contributed by atoms with van der Waals surface area (Å²) in [6.45, 7) is 2.52. The highest BCUT2D eigenvalue weighted by atomic mass is 16.5. The third-order valence-corrected chi connectivity index (χ3v) is 5.26. The summed E-state index contributed by atoms with van der Waals surface area (Å²) in [6, 6.07) is 15.6. The lowest BCUT2D eigenvalue weighted by Gasteiger charge is -2.25. The zero-order valence-electron chi connectivity index (χ0n) is 17.4. The SMILES string of the molecule is CCOc1ccc(/C(O)=C2\C(=O)C(=O)N(Cc3cccnc3)C2c2ccc(O)cc2)cc1. The number of aromatic nitrogens is 1. The van der Waals surface area contributed by atoms with E-state index in [1.54, 1.807) is 54.9 Å². The van der Waals surface area contributed by atoms with Crippen molar-refractivity contribution in [2.24, 2.45) is 0 Å². The normalized spacial score (nSPS) is 17.5. The predicted molar refractivity (Wildman–Crippen MR) is 118 cm³/mol. The minimum Gasteiger partial charge on any atom is -0.508 e. The van der Waals surface area contributed by atoms with E-state index in [2.05, 4.69) is 4.98 Å². The Morgan fingerprint density at radius 3 is 2.41 bits per heavy atom. The molecule has 32 heavy (non-hydrogen) atoms. The van der Waals surface area contributed by atoms with E-state index in [-0.39, 0.29) is 23.6 Å². The second kappa shape index (κ2) is 8.93. The molecule has 1 fully saturated rings. The molecule has 0 bridgehead atoms. The van der Waals surface area contributed by atoms with Crippen molar-refractivity contribution in [2.75, 3.05) is 6.61 Å². The van der Waals surface area contributed by atoms with E-state index in [1.807, 2.05) is 13.0 Å². The van der Waals surface area contributed by atoms with Gasteiger partial charge in [-0.2, -0.15) is 0 Å². The van der Waals surface area contributed by atoms with Crippen LogP contribution in [0.5, 0.6) is 11.5 Å². The number of hydrogen-bond donors (Lipinski definition) is 2. The second-order valence-corrected chi connectivity index (χ2v) is 7.34. The van der Waals surface area contributed by atoms with Crippen molar-refractivity contribution >= 4 is 17.4 Å². The molecule has 7 nitrogen and oxygen atoms in total. The minimum absolute atomic E-state index is 0.00580. The number of aliphatic hydroxyl groups excluding tert-OH is 1. The zero-order valence-corrected chi connectivity index (χ0v) is 17.4. The number of ketones is 1. The van der Waals surface area contributed by atoms with E-state index < -0.39 is 17.7 Å². The molecule has 1 aliphatic heterocycles. The number of hydrogen-bond acceptors (Lipinski definition) is 6. The lowest BCUT2D eigenvalue weighted by molar-refractivity contribution is -0.140. The summed E-state index contributed by atoms with van der Waals surface area (Å²) < 4.78 is 5.43. The molecule has 7 heteroatoms. The third-order valence-electron chi connectivity index (χ3n) is 5.26. The molecule has 0 aliphatic carbocycles. The molecule has 1 saturated heterocycles. The van der Waals surface area contributed by atoms with Gasteiger partial charge in [-0.3, -0.25) is 14.6 Å². The molecule has 3 aromatic rings. The summed E-state index contributed by atoms with van der Waals surface area (Å²) >= 11 is 0. The van der Waals surface area contributed by atoms with Gasteiger partial charge in [0.25, 0.3) is 11.7 Å². The molecule has 1 atom stereocenters. The highest BCUT2D eigenvalue weighted by molar-refractivity contribution is 6.46. The number of phenols is 1. The zero-order chi connectivity index (χ0) is 22.7. The number of nitrogens with zero attached hydrogens (tertiary/aromatic N) is 2. The van der Waals surface area contributed by atoms with Crippen molar-refractivity contribution in [3.05, 3.63) is 95.3 Å². The summed E-state index contributed by atoms with van der Waals surface area (Å²) in [6.07, 6.45) is 3.25. The van der Waals surface area contributed by atoms with Crippen LogP contribution in [0.1, 0.15) is 29.7 Å². The van der Waals surface area contributed by atoms with E-state index >= 15 is 0 Å². The first-order valence-corrected chi connectivity index (χ1v) is 10.2. The van der Waals surface area contributed by atoms with Crippen molar-refractivity contribution < 1.29 is 24.5 Å². The molecular formula is C25H22N2O5. The fourth-order valence-electron chi connectivity index (χ4n) is 3.77. The first-order valence-electron chi connectivity index (χ1n) is 10.2. The Bertz CT molecular complexity index is 1160. The summed E-state index contributed by atoms with van der Waals surface area (Å²) in [7, 11) is 0. The van der Waals surface area contributed by atoms with Crippen molar-refractivity contribution in [1.29, 1.82) is 0 Å². The maximum Gasteiger partial charge on any atom is 0.295 e. The van der Waals surface area contributed by atoms with Crippen molar-refractivity contribution in [3.8, 4) is 11.5 Å². The van der Waals surface area contributed by atoms with Crippen LogP contribution in [0.25, 0.3) is 5.76 Å². The fourth-order valence-corrected chi connectivity index (χ4v) is 3.77. The molecule has 4 rings (SSSR count). The van der Waals surface area contributed by atoms with Gasteiger partial charge < -0.3 is 19.8 Å². The van der Waals surface area contributed by atoms with Crippen LogP contribution in [-0.2, 0) is 16.1 Å². The van der Waals surface area contributed by atoms with E-state index in [9.17, 15) is 19.8 Å². The number of carbonyl (C=O) groups is 2. The van der Waals surface area contributed by atoms with Crippen LogP contribution in [0.15, 0.2) is 78.6 Å². The molecule has 0 spiro atoms. The number of likely N-dealkylation sites (tertiary alicyclic amines) is 1. The van der Waals surface area contributed by atoms with E-state index in [1.165, 1.54) is 17.0 Å². The fraction of sp³-hybridized carbons (Fsp3) is 0.160. The van der Waals surface area contributed by atoms with Gasteiger partial charge in [0.2, 0.25) is 0 Å². The van der Waals surface area contributed by atoms with Crippen LogP contribution in [0, 0.1) is 0 Å². The van der Waals surface area contributed by atoms with Crippen LogP contribution in [0.4, 0.5) is 0 Å². The summed E-state index contributed by atoms with van der Waals surface area (Å²) in [5.41, 5.74) is 1.74.